The van der Waals surface area contributed by atoms with E-state index in [-0.39, 0.29) is 5.43 Å². The van der Waals surface area contributed by atoms with Gasteiger partial charge in [0.1, 0.15) is 11.3 Å². The number of pyridine rings is 2. The average molecular weight is 190 g/mol. The van der Waals surface area contributed by atoms with Gasteiger partial charge in [-0.2, -0.15) is 0 Å². The fourth-order valence-electron chi connectivity index (χ4n) is 1.28. The van der Waals surface area contributed by atoms with Crippen LogP contribution in [0, 0.1) is 0 Å². The van der Waals surface area contributed by atoms with E-state index in [1.165, 1.54) is 6.07 Å². The van der Waals surface area contributed by atoms with E-state index in [2.05, 4.69) is 9.97 Å². The fourth-order valence-corrected chi connectivity index (χ4v) is 1.28. The topological polar surface area (TPSA) is 55.0 Å². The van der Waals surface area contributed by atoms with Crippen LogP contribution in [0.1, 0.15) is 6.92 Å². The molecule has 2 aromatic rings. The summed E-state index contributed by atoms with van der Waals surface area (Å²) in [7, 11) is 0. The van der Waals surface area contributed by atoms with E-state index in [1.54, 1.807) is 18.5 Å². The lowest BCUT2D eigenvalue weighted by atomic mass is 10.3. The summed E-state index contributed by atoms with van der Waals surface area (Å²) in [5.74, 6) is 0.668. The molecule has 0 fully saturated rings. The van der Waals surface area contributed by atoms with Crippen molar-refractivity contribution in [1.82, 2.24) is 9.97 Å². The highest BCUT2D eigenvalue weighted by Crippen LogP contribution is 2.13. The Morgan fingerprint density at radius 1 is 1.57 bits per heavy atom. The molecule has 1 N–H and O–H groups in total. The minimum atomic E-state index is -0.0817. The van der Waals surface area contributed by atoms with Crippen LogP contribution in [0.25, 0.3) is 11.0 Å². The third-order valence-corrected chi connectivity index (χ3v) is 1.88. The standard InChI is InChI=1S/C10H10N2O2/c1-2-14-7-5-8-10(12-6-7)9(13)3-4-11-8/h3-6H,2H2,1H3,(H,11,13). The van der Waals surface area contributed by atoms with Crippen LogP contribution in [0.5, 0.6) is 5.75 Å². The van der Waals surface area contributed by atoms with Crippen LogP contribution < -0.4 is 10.2 Å². The highest BCUT2D eigenvalue weighted by atomic mass is 16.5. The second-order valence-corrected chi connectivity index (χ2v) is 2.84. The molecule has 0 spiro atoms. The van der Waals surface area contributed by atoms with Gasteiger partial charge in [0.15, 0.2) is 0 Å². The van der Waals surface area contributed by atoms with E-state index >= 15 is 0 Å². The van der Waals surface area contributed by atoms with E-state index in [9.17, 15) is 4.79 Å². The molecule has 0 saturated carbocycles. The molecule has 0 aliphatic carbocycles. The molecule has 4 nitrogen and oxygen atoms in total. The van der Waals surface area contributed by atoms with Crippen LogP contribution >= 0.6 is 0 Å². The van der Waals surface area contributed by atoms with E-state index in [4.69, 9.17) is 4.74 Å². The predicted octanol–water partition coefficient (Wildman–Crippen LogP) is 1.32. The van der Waals surface area contributed by atoms with Crippen molar-refractivity contribution in [2.24, 2.45) is 0 Å². The first-order chi connectivity index (χ1) is 6.81. The monoisotopic (exact) mass is 190 g/mol. The number of aromatic amines is 1. The maximum atomic E-state index is 11.3. The van der Waals surface area contributed by atoms with Crippen LogP contribution in [-0.4, -0.2) is 16.6 Å². The molecular formula is C10H10N2O2. The third-order valence-electron chi connectivity index (χ3n) is 1.88. The summed E-state index contributed by atoms with van der Waals surface area (Å²) in [6, 6.07) is 3.23. The average Bonchev–Trinajstić information content (AvgIpc) is 2.18. The molecular weight excluding hydrogens is 180 g/mol. The van der Waals surface area contributed by atoms with E-state index < -0.39 is 0 Å². The maximum Gasteiger partial charge on any atom is 0.207 e. The lowest BCUT2D eigenvalue weighted by molar-refractivity contribution is 0.339. The third kappa shape index (κ3) is 1.46. The molecule has 0 aliphatic rings. The molecule has 2 heterocycles. The van der Waals surface area contributed by atoms with Crippen LogP contribution in [0.4, 0.5) is 0 Å². The smallest absolute Gasteiger partial charge is 0.207 e. The highest BCUT2D eigenvalue weighted by Gasteiger charge is 2.00. The molecule has 0 unspecified atom stereocenters. The Hall–Kier alpha value is -1.84. The highest BCUT2D eigenvalue weighted by molar-refractivity contribution is 5.74. The number of nitrogens with one attached hydrogen (secondary N) is 1. The van der Waals surface area contributed by atoms with Crippen LogP contribution in [-0.2, 0) is 0 Å². The first-order valence-electron chi connectivity index (χ1n) is 4.41. The first-order valence-corrected chi connectivity index (χ1v) is 4.41. The van der Waals surface area contributed by atoms with Gasteiger partial charge >= 0.3 is 0 Å². The van der Waals surface area contributed by atoms with Gasteiger partial charge in [0.05, 0.1) is 18.3 Å². The van der Waals surface area contributed by atoms with Crippen molar-refractivity contribution in [3.8, 4) is 5.75 Å². The van der Waals surface area contributed by atoms with Gasteiger partial charge in [0, 0.05) is 18.3 Å². The van der Waals surface area contributed by atoms with Crippen molar-refractivity contribution in [3.05, 3.63) is 34.7 Å². The van der Waals surface area contributed by atoms with Gasteiger partial charge in [-0.25, -0.2) is 4.98 Å². The lowest BCUT2D eigenvalue weighted by Gasteiger charge is -2.02. The van der Waals surface area contributed by atoms with Gasteiger partial charge in [0.25, 0.3) is 0 Å². The quantitative estimate of drug-likeness (QED) is 0.777. The molecule has 0 atom stereocenters. The summed E-state index contributed by atoms with van der Waals surface area (Å²) in [4.78, 5) is 18.3. The Labute approximate surface area is 80.6 Å². The second kappa shape index (κ2) is 3.49. The predicted molar refractivity (Wildman–Crippen MR) is 53.5 cm³/mol. The maximum absolute atomic E-state index is 11.3. The largest absolute Gasteiger partial charge is 0.492 e. The summed E-state index contributed by atoms with van der Waals surface area (Å²) in [6.45, 7) is 2.49. The molecule has 72 valence electrons. The number of ether oxygens (including phenoxy) is 1. The normalized spacial score (nSPS) is 10.4. The van der Waals surface area contributed by atoms with Crippen LogP contribution in [0.15, 0.2) is 29.3 Å². The Bertz CT molecular complexity index is 505. The summed E-state index contributed by atoms with van der Waals surface area (Å²) in [5.41, 5.74) is 1.06. The number of H-pyrrole nitrogens is 1. The van der Waals surface area contributed by atoms with Crippen LogP contribution in [0.3, 0.4) is 0 Å². The number of rotatable bonds is 2. The second-order valence-electron chi connectivity index (χ2n) is 2.84. The number of hydrogen-bond donors (Lipinski definition) is 1. The zero-order chi connectivity index (χ0) is 9.97. The SMILES string of the molecule is CCOc1cnc2c(=O)cc[nH]c2c1. The molecule has 2 aromatic heterocycles. The van der Waals surface area contributed by atoms with Gasteiger partial charge in [0.2, 0.25) is 5.43 Å². The molecule has 0 radical (unpaired) electrons. The molecule has 2 rings (SSSR count). The Balaban J connectivity index is 2.61. The van der Waals surface area contributed by atoms with Crippen molar-refractivity contribution >= 4 is 11.0 Å². The number of fused-ring (bicyclic) bond motifs is 1. The van der Waals surface area contributed by atoms with Gasteiger partial charge in [-0.05, 0) is 6.92 Å². The van der Waals surface area contributed by atoms with Crippen molar-refractivity contribution in [1.29, 1.82) is 0 Å². The van der Waals surface area contributed by atoms with Crippen molar-refractivity contribution < 1.29 is 4.74 Å². The first kappa shape index (κ1) is 8.74. The van der Waals surface area contributed by atoms with Gasteiger partial charge in [-0.3, -0.25) is 4.79 Å². The number of hydrogen-bond acceptors (Lipinski definition) is 3. The van der Waals surface area contributed by atoms with Gasteiger partial charge in [-0.15, -0.1) is 0 Å². The molecule has 0 saturated heterocycles. The minimum absolute atomic E-state index is 0.0817. The van der Waals surface area contributed by atoms with Gasteiger partial charge in [-0.1, -0.05) is 0 Å². The van der Waals surface area contributed by atoms with Crippen molar-refractivity contribution in [2.75, 3.05) is 6.61 Å². The Morgan fingerprint density at radius 3 is 3.21 bits per heavy atom. The van der Waals surface area contributed by atoms with Gasteiger partial charge < -0.3 is 9.72 Å². The van der Waals surface area contributed by atoms with Crippen molar-refractivity contribution in [2.45, 2.75) is 6.92 Å². The van der Waals surface area contributed by atoms with E-state index in [1.807, 2.05) is 6.92 Å². The summed E-state index contributed by atoms with van der Waals surface area (Å²) in [6.07, 6.45) is 3.16. The fraction of sp³-hybridized carbons (Fsp3) is 0.200. The molecule has 0 aromatic carbocycles. The summed E-state index contributed by atoms with van der Waals surface area (Å²) >= 11 is 0. The molecule has 0 bridgehead atoms. The number of nitrogens with zero attached hydrogens (tertiary/aromatic N) is 1. The Morgan fingerprint density at radius 2 is 2.43 bits per heavy atom. The van der Waals surface area contributed by atoms with Crippen LogP contribution in [0.2, 0.25) is 0 Å². The van der Waals surface area contributed by atoms with E-state index in [0.717, 1.165) is 0 Å². The number of aromatic nitrogens is 2. The minimum Gasteiger partial charge on any atom is -0.492 e. The molecule has 4 heteroatoms. The molecule has 0 aliphatic heterocycles. The van der Waals surface area contributed by atoms with Crippen molar-refractivity contribution in [3.63, 3.8) is 0 Å². The van der Waals surface area contributed by atoms with E-state index in [0.29, 0.717) is 23.4 Å². The molecule has 14 heavy (non-hydrogen) atoms. The lowest BCUT2D eigenvalue weighted by Crippen LogP contribution is -2.03. The molecule has 0 amide bonds. The summed E-state index contributed by atoms with van der Waals surface area (Å²) < 4.78 is 5.27. The summed E-state index contributed by atoms with van der Waals surface area (Å²) in [5, 5.41) is 0. The zero-order valence-corrected chi connectivity index (χ0v) is 7.78. The zero-order valence-electron chi connectivity index (χ0n) is 7.78. The Kier molecular flexibility index (Phi) is 2.18.